The molecule has 0 aliphatic heterocycles. The number of amides is 1. The van der Waals surface area contributed by atoms with E-state index >= 15 is 0 Å². The summed E-state index contributed by atoms with van der Waals surface area (Å²) in [6.07, 6.45) is 3.08. The zero-order valence-electron chi connectivity index (χ0n) is 19.6. The van der Waals surface area contributed by atoms with Crippen molar-refractivity contribution >= 4 is 22.6 Å². The Hall–Kier alpha value is -3.36. The first kappa shape index (κ1) is 23.3. The van der Waals surface area contributed by atoms with Gasteiger partial charge in [-0.05, 0) is 17.9 Å². The molecule has 32 heavy (non-hydrogen) atoms. The molecular formula is C23H30N6O3. The number of anilines is 1. The zero-order chi connectivity index (χ0) is 23.8. The van der Waals surface area contributed by atoms with Gasteiger partial charge < -0.3 is 5.32 Å². The second-order valence-corrected chi connectivity index (χ2v) is 9.71. The van der Waals surface area contributed by atoms with Crippen molar-refractivity contribution in [1.82, 2.24) is 24.5 Å². The largest absolute Gasteiger partial charge is 0.330 e. The molecule has 0 fully saturated rings. The minimum atomic E-state index is -0.641. The van der Waals surface area contributed by atoms with Gasteiger partial charge in [0.2, 0.25) is 0 Å². The fraction of sp³-hybridized carbons (Fsp3) is 0.478. The van der Waals surface area contributed by atoms with Crippen LogP contribution in [0.4, 0.5) is 5.69 Å². The summed E-state index contributed by atoms with van der Waals surface area (Å²) in [6, 6.07) is 1.60. The van der Waals surface area contributed by atoms with E-state index in [0.717, 1.165) is 0 Å². The van der Waals surface area contributed by atoms with Crippen LogP contribution in [-0.4, -0.2) is 30.4 Å². The van der Waals surface area contributed by atoms with Gasteiger partial charge in [-0.2, -0.15) is 0 Å². The van der Waals surface area contributed by atoms with Gasteiger partial charge in [0.25, 0.3) is 11.5 Å². The normalized spacial score (nSPS) is 12.0. The van der Waals surface area contributed by atoms with Crippen molar-refractivity contribution in [3.8, 4) is 0 Å². The van der Waals surface area contributed by atoms with Gasteiger partial charge in [0.05, 0.1) is 29.0 Å². The van der Waals surface area contributed by atoms with Crippen LogP contribution in [0.25, 0.3) is 11.0 Å². The number of nitrogens with one attached hydrogen (secondary N) is 2. The number of carbonyl (C=O) groups excluding carboxylic acids is 1. The minimum absolute atomic E-state index is 0.0118. The van der Waals surface area contributed by atoms with Crippen LogP contribution in [0.5, 0.6) is 0 Å². The SMILES string of the molecule is CC(C)Cn1c(=O)[nH]c(=O)c2c(C(=O)Nc3cnc(C(C)(C)C)nc3)cc(C(C)C)nc21. The Morgan fingerprint density at radius 1 is 1.12 bits per heavy atom. The Morgan fingerprint density at radius 2 is 1.75 bits per heavy atom. The predicted octanol–water partition coefficient (Wildman–Crippen LogP) is 3.20. The average molecular weight is 439 g/mol. The number of aromatic amines is 1. The smallest absolute Gasteiger partial charge is 0.319 e. The molecule has 0 aromatic carbocycles. The lowest BCUT2D eigenvalue weighted by molar-refractivity contribution is 0.102. The van der Waals surface area contributed by atoms with Gasteiger partial charge >= 0.3 is 5.69 Å². The molecule has 0 bridgehead atoms. The lowest BCUT2D eigenvalue weighted by atomic mass is 9.96. The Bertz CT molecular complexity index is 1260. The van der Waals surface area contributed by atoms with Crippen molar-refractivity contribution in [1.29, 1.82) is 0 Å². The molecule has 0 atom stereocenters. The third-order valence-electron chi connectivity index (χ3n) is 4.93. The maximum absolute atomic E-state index is 13.2. The highest BCUT2D eigenvalue weighted by atomic mass is 16.2. The first-order chi connectivity index (χ1) is 14.9. The molecule has 0 spiro atoms. The fourth-order valence-corrected chi connectivity index (χ4v) is 3.28. The first-order valence-corrected chi connectivity index (χ1v) is 10.7. The fourth-order valence-electron chi connectivity index (χ4n) is 3.28. The van der Waals surface area contributed by atoms with Gasteiger partial charge in [0.15, 0.2) is 5.65 Å². The Balaban J connectivity index is 2.15. The van der Waals surface area contributed by atoms with Crippen LogP contribution in [0.2, 0.25) is 0 Å². The lowest BCUT2D eigenvalue weighted by Gasteiger charge is -2.17. The topological polar surface area (TPSA) is 123 Å². The number of rotatable bonds is 5. The van der Waals surface area contributed by atoms with Gasteiger partial charge in [-0.1, -0.05) is 48.5 Å². The molecule has 170 valence electrons. The zero-order valence-corrected chi connectivity index (χ0v) is 19.6. The Morgan fingerprint density at radius 3 is 2.28 bits per heavy atom. The Labute approximate surface area is 186 Å². The molecule has 0 saturated carbocycles. The van der Waals surface area contributed by atoms with Crippen molar-refractivity contribution in [3.05, 3.63) is 56.4 Å². The summed E-state index contributed by atoms with van der Waals surface area (Å²) in [6.45, 7) is 14.2. The van der Waals surface area contributed by atoms with Crippen molar-refractivity contribution in [2.75, 3.05) is 5.32 Å². The summed E-state index contributed by atoms with van der Waals surface area (Å²) in [4.78, 5) is 54.0. The summed E-state index contributed by atoms with van der Waals surface area (Å²) >= 11 is 0. The van der Waals surface area contributed by atoms with Crippen molar-refractivity contribution in [3.63, 3.8) is 0 Å². The molecule has 3 heterocycles. The second kappa shape index (κ2) is 8.64. The number of hydrogen-bond donors (Lipinski definition) is 2. The molecule has 9 nitrogen and oxygen atoms in total. The van der Waals surface area contributed by atoms with Crippen LogP contribution in [-0.2, 0) is 12.0 Å². The molecular weight excluding hydrogens is 408 g/mol. The van der Waals surface area contributed by atoms with E-state index in [1.807, 2.05) is 48.5 Å². The van der Waals surface area contributed by atoms with Crippen molar-refractivity contribution in [2.45, 2.75) is 66.3 Å². The van der Waals surface area contributed by atoms with Crippen LogP contribution < -0.4 is 16.6 Å². The van der Waals surface area contributed by atoms with E-state index in [9.17, 15) is 14.4 Å². The minimum Gasteiger partial charge on any atom is -0.319 e. The maximum atomic E-state index is 13.2. The van der Waals surface area contributed by atoms with Crippen LogP contribution >= 0.6 is 0 Å². The van der Waals surface area contributed by atoms with Crippen LogP contribution in [0, 0.1) is 5.92 Å². The van der Waals surface area contributed by atoms with E-state index in [1.165, 1.54) is 17.0 Å². The first-order valence-electron chi connectivity index (χ1n) is 10.7. The van der Waals surface area contributed by atoms with Gasteiger partial charge in [-0.3, -0.25) is 19.1 Å². The second-order valence-electron chi connectivity index (χ2n) is 9.71. The number of carbonyl (C=O) groups is 1. The standard InChI is InChI=1S/C23H30N6O3/c1-12(2)11-29-18-17(20(31)28-22(29)32)15(8-16(27-18)13(3)4)19(30)26-14-9-24-21(25-10-14)23(5,6)7/h8-10,12-13H,11H2,1-7H3,(H,26,30)(H,28,31,32). The van der Waals surface area contributed by atoms with Crippen molar-refractivity contribution < 1.29 is 4.79 Å². The van der Waals surface area contributed by atoms with Crippen LogP contribution in [0.1, 0.15) is 76.3 Å². The lowest BCUT2D eigenvalue weighted by Crippen LogP contribution is -2.33. The number of fused-ring (bicyclic) bond motifs is 1. The van der Waals surface area contributed by atoms with Gasteiger partial charge in [0.1, 0.15) is 5.82 Å². The number of aromatic nitrogens is 5. The number of hydrogen-bond acceptors (Lipinski definition) is 6. The number of nitrogens with zero attached hydrogens (tertiary/aromatic N) is 4. The van der Waals surface area contributed by atoms with Crippen LogP contribution in [0.3, 0.4) is 0 Å². The average Bonchev–Trinajstić information content (AvgIpc) is 2.69. The molecule has 0 saturated heterocycles. The molecule has 1 amide bonds. The molecule has 3 rings (SSSR count). The summed E-state index contributed by atoms with van der Waals surface area (Å²) in [7, 11) is 0. The third kappa shape index (κ3) is 4.76. The molecule has 0 aliphatic carbocycles. The molecule has 0 unspecified atom stereocenters. The quantitative estimate of drug-likeness (QED) is 0.631. The summed E-state index contributed by atoms with van der Waals surface area (Å²) < 4.78 is 1.42. The molecule has 0 aliphatic rings. The monoisotopic (exact) mass is 438 g/mol. The summed E-state index contributed by atoms with van der Waals surface area (Å²) in [5, 5.41) is 2.85. The van der Waals surface area contributed by atoms with E-state index in [2.05, 4.69) is 25.3 Å². The third-order valence-corrected chi connectivity index (χ3v) is 4.93. The van der Waals surface area contributed by atoms with Crippen LogP contribution in [0.15, 0.2) is 28.0 Å². The van der Waals surface area contributed by atoms with E-state index in [1.54, 1.807) is 6.07 Å². The number of H-pyrrole nitrogens is 1. The molecule has 3 aromatic heterocycles. The molecule has 2 N–H and O–H groups in total. The summed E-state index contributed by atoms with van der Waals surface area (Å²) in [5.41, 5.74) is -0.0148. The van der Waals surface area contributed by atoms with Gasteiger partial charge in [0, 0.05) is 17.7 Å². The van der Waals surface area contributed by atoms with E-state index in [-0.39, 0.29) is 33.8 Å². The summed E-state index contributed by atoms with van der Waals surface area (Å²) in [5.74, 6) is 0.289. The van der Waals surface area contributed by atoms with E-state index in [4.69, 9.17) is 0 Å². The van der Waals surface area contributed by atoms with E-state index in [0.29, 0.717) is 23.8 Å². The Kier molecular flexibility index (Phi) is 6.29. The van der Waals surface area contributed by atoms with Gasteiger partial charge in [-0.25, -0.2) is 19.7 Å². The molecule has 0 radical (unpaired) electrons. The highest BCUT2D eigenvalue weighted by Crippen LogP contribution is 2.22. The maximum Gasteiger partial charge on any atom is 0.330 e. The van der Waals surface area contributed by atoms with Gasteiger partial charge in [-0.15, -0.1) is 0 Å². The predicted molar refractivity (Wildman–Crippen MR) is 124 cm³/mol. The highest BCUT2D eigenvalue weighted by molar-refractivity contribution is 6.11. The molecule has 9 heteroatoms. The number of pyridine rings is 1. The highest BCUT2D eigenvalue weighted by Gasteiger charge is 2.22. The van der Waals surface area contributed by atoms with Crippen molar-refractivity contribution in [2.24, 2.45) is 5.92 Å². The van der Waals surface area contributed by atoms with E-state index < -0.39 is 17.2 Å². The molecule has 3 aromatic rings.